The highest BCUT2D eigenvalue weighted by Gasteiger charge is 2.51. The molecule has 1 aliphatic carbocycles. The summed E-state index contributed by atoms with van der Waals surface area (Å²) < 4.78 is 0. The Morgan fingerprint density at radius 3 is 2.47 bits per heavy atom. The monoisotopic (exact) mass is 271 g/mol. The molecule has 1 aromatic carbocycles. The van der Waals surface area contributed by atoms with Crippen LogP contribution in [0.5, 0.6) is 0 Å². The lowest BCUT2D eigenvalue weighted by molar-refractivity contribution is 0.0438. The maximum absolute atomic E-state index is 6.29. The fraction of sp³-hybridized carbons (Fsp3) is 0.571. The molecule has 1 fully saturated rings. The van der Waals surface area contributed by atoms with Crippen LogP contribution in [0.3, 0.4) is 0 Å². The zero-order valence-electron chi connectivity index (χ0n) is 10.3. The smallest absolute Gasteiger partial charge is 0.0442 e. The molecule has 2 unspecified atom stereocenters. The number of nitrogens with two attached hydrogens (primary N) is 1. The van der Waals surface area contributed by atoms with Crippen molar-refractivity contribution in [2.75, 3.05) is 0 Å². The van der Waals surface area contributed by atoms with Gasteiger partial charge >= 0.3 is 0 Å². The van der Waals surface area contributed by atoms with Gasteiger partial charge < -0.3 is 5.73 Å². The Bertz CT molecular complexity index is 413. The molecule has 1 aliphatic rings. The molecular weight excluding hydrogens is 253 g/mol. The normalized spacial score (nSPS) is 26.6. The third kappa shape index (κ3) is 1.99. The van der Waals surface area contributed by atoms with Gasteiger partial charge in [-0.1, -0.05) is 37.0 Å². The van der Waals surface area contributed by atoms with Crippen LogP contribution in [-0.2, 0) is 0 Å². The molecule has 1 nitrogen and oxygen atoms in total. The van der Waals surface area contributed by atoms with E-state index in [1.54, 1.807) is 0 Å². The molecule has 1 saturated carbocycles. The molecule has 1 aromatic rings. The Morgan fingerprint density at radius 2 is 1.94 bits per heavy atom. The summed E-state index contributed by atoms with van der Waals surface area (Å²) in [6.07, 6.45) is 3.21. The molecule has 0 radical (unpaired) electrons. The van der Waals surface area contributed by atoms with E-state index >= 15 is 0 Å². The van der Waals surface area contributed by atoms with Crippen LogP contribution in [-0.4, -0.2) is 6.04 Å². The lowest BCUT2D eigenvalue weighted by Crippen LogP contribution is -2.55. The van der Waals surface area contributed by atoms with Gasteiger partial charge in [0.15, 0.2) is 0 Å². The summed E-state index contributed by atoms with van der Waals surface area (Å²) >= 11 is 12.4. The van der Waals surface area contributed by atoms with Crippen LogP contribution in [0.15, 0.2) is 18.2 Å². The van der Waals surface area contributed by atoms with Crippen molar-refractivity contribution in [2.45, 2.75) is 45.1 Å². The highest BCUT2D eigenvalue weighted by Crippen LogP contribution is 2.57. The second-order valence-corrected chi connectivity index (χ2v) is 5.84. The van der Waals surface area contributed by atoms with Crippen LogP contribution < -0.4 is 5.73 Å². The van der Waals surface area contributed by atoms with Gasteiger partial charge in [-0.15, -0.1) is 0 Å². The Kier molecular flexibility index (Phi) is 3.72. The lowest BCUT2D eigenvalue weighted by Gasteiger charge is -2.55. The van der Waals surface area contributed by atoms with Crippen molar-refractivity contribution in [1.29, 1.82) is 0 Å². The van der Waals surface area contributed by atoms with Crippen molar-refractivity contribution in [3.05, 3.63) is 33.8 Å². The highest BCUT2D eigenvalue weighted by molar-refractivity contribution is 6.33. The van der Waals surface area contributed by atoms with E-state index in [0.717, 1.165) is 29.3 Å². The van der Waals surface area contributed by atoms with Crippen LogP contribution in [0, 0.1) is 5.41 Å². The predicted octanol–water partition coefficient (Wildman–Crippen LogP) is 4.61. The van der Waals surface area contributed by atoms with E-state index in [1.165, 1.54) is 5.56 Å². The van der Waals surface area contributed by atoms with E-state index in [0.29, 0.717) is 5.92 Å². The van der Waals surface area contributed by atoms with Gasteiger partial charge in [-0.2, -0.15) is 0 Å². The van der Waals surface area contributed by atoms with Crippen molar-refractivity contribution >= 4 is 23.2 Å². The second kappa shape index (κ2) is 4.79. The van der Waals surface area contributed by atoms with Crippen molar-refractivity contribution in [1.82, 2.24) is 0 Å². The number of benzene rings is 1. The molecule has 0 bridgehead atoms. The van der Waals surface area contributed by atoms with Gasteiger partial charge in [0.25, 0.3) is 0 Å². The van der Waals surface area contributed by atoms with Crippen LogP contribution in [0.2, 0.25) is 10.0 Å². The Morgan fingerprint density at radius 1 is 1.29 bits per heavy atom. The summed E-state index contributed by atoms with van der Waals surface area (Å²) in [6, 6.07) is 6.02. The molecule has 2 rings (SSSR count). The third-order valence-electron chi connectivity index (χ3n) is 4.57. The van der Waals surface area contributed by atoms with E-state index in [4.69, 9.17) is 28.9 Å². The minimum Gasteiger partial charge on any atom is -0.327 e. The van der Waals surface area contributed by atoms with Gasteiger partial charge in [0.05, 0.1) is 0 Å². The molecule has 0 heterocycles. The van der Waals surface area contributed by atoms with Gasteiger partial charge in [0.1, 0.15) is 0 Å². The molecule has 0 aliphatic heterocycles. The number of halogens is 2. The first kappa shape index (κ1) is 13.2. The molecule has 94 valence electrons. The summed E-state index contributed by atoms with van der Waals surface area (Å²) in [5.74, 6) is 0.457. The quantitative estimate of drug-likeness (QED) is 0.854. The summed E-state index contributed by atoms with van der Waals surface area (Å²) in [6.45, 7) is 4.43. The zero-order chi connectivity index (χ0) is 12.6. The van der Waals surface area contributed by atoms with Crippen molar-refractivity contribution in [2.24, 2.45) is 11.1 Å². The van der Waals surface area contributed by atoms with Gasteiger partial charge in [-0.3, -0.25) is 0 Å². The average Bonchev–Trinajstić information content (AvgIpc) is 2.31. The molecule has 17 heavy (non-hydrogen) atoms. The first-order valence-electron chi connectivity index (χ1n) is 6.25. The Labute approximate surface area is 113 Å². The van der Waals surface area contributed by atoms with E-state index in [-0.39, 0.29) is 11.5 Å². The standard InChI is InChI=1S/C14H19Cl2N/c1-3-14(4-2)11(8-13(14)17)10-7-9(15)5-6-12(10)16/h5-7,11,13H,3-4,8,17H2,1-2H3. The molecule has 2 atom stereocenters. The van der Waals surface area contributed by atoms with Crippen LogP contribution in [0.25, 0.3) is 0 Å². The van der Waals surface area contributed by atoms with Crippen LogP contribution in [0.1, 0.15) is 44.6 Å². The van der Waals surface area contributed by atoms with E-state index in [9.17, 15) is 0 Å². The fourth-order valence-corrected chi connectivity index (χ4v) is 3.74. The van der Waals surface area contributed by atoms with Crippen LogP contribution in [0.4, 0.5) is 0 Å². The lowest BCUT2D eigenvalue weighted by atomic mass is 9.52. The van der Waals surface area contributed by atoms with E-state index in [1.807, 2.05) is 18.2 Å². The Hall–Kier alpha value is -0.240. The maximum atomic E-state index is 6.29. The minimum atomic E-state index is 0.203. The number of hydrogen-bond donors (Lipinski definition) is 1. The average molecular weight is 272 g/mol. The molecule has 2 N–H and O–H groups in total. The SMILES string of the molecule is CCC1(CC)C(N)CC1c1cc(Cl)ccc1Cl. The van der Waals surface area contributed by atoms with Crippen LogP contribution >= 0.6 is 23.2 Å². The summed E-state index contributed by atoms with van der Waals surface area (Å²) in [4.78, 5) is 0. The summed E-state index contributed by atoms with van der Waals surface area (Å²) in [5, 5.41) is 1.57. The topological polar surface area (TPSA) is 26.0 Å². The van der Waals surface area contributed by atoms with E-state index in [2.05, 4.69) is 13.8 Å². The van der Waals surface area contributed by atoms with Crippen molar-refractivity contribution in [3.63, 3.8) is 0 Å². The Balaban J connectivity index is 2.38. The van der Waals surface area contributed by atoms with Gasteiger partial charge in [0, 0.05) is 16.1 Å². The van der Waals surface area contributed by atoms with Gasteiger partial charge in [-0.05, 0) is 54.4 Å². The highest BCUT2D eigenvalue weighted by atomic mass is 35.5. The van der Waals surface area contributed by atoms with Gasteiger partial charge in [-0.25, -0.2) is 0 Å². The molecule has 0 spiro atoms. The maximum Gasteiger partial charge on any atom is 0.0442 e. The molecule has 3 heteroatoms. The first-order chi connectivity index (χ1) is 8.05. The largest absolute Gasteiger partial charge is 0.327 e. The summed E-state index contributed by atoms with van der Waals surface area (Å²) in [7, 11) is 0. The third-order valence-corrected chi connectivity index (χ3v) is 5.15. The van der Waals surface area contributed by atoms with Gasteiger partial charge in [0.2, 0.25) is 0 Å². The minimum absolute atomic E-state index is 0.203. The summed E-state index contributed by atoms with van der Waals surface area (Å²) in [5.41, 5.74) is 7.59. The number of hydrogen-bond acceptors (Lipinski definition) is 1. The predicted molar refractivity (Wildman–Crippen MR) is 74.8 cm³/mol. The van der Waals surface area contributed by atoms with Crippen molar-refractivity contribution < 1.29 is 0 Å². The zero-order valence-corrected chi connectivity index (χ0v) is 11.9. The number of rotatable bonds is 3. The molecular formula is C14H19Cl2N. The molecule has 0 amide bonds. The molecule has 0 saturated heterocycles. The first-order valence-corrected chi connectivity index (χ1v) is 7.01. The second-order valence-electron chi connectivity index (χ2n) is 5.00. The van der Waals surface area contributed by atoms with Crippen molar-refractivity contribution in [3.8, 4) is 0 Å². The van der Waals surface area contributed by atoms with E-state index < -0.39 is 0 Å². The fourth-order valence-electron chi connectivity index (χ4n) is 3.31. The molecule has 0 aromatic heterocycles.